The fourth-order valence-corrected chi connectivity index (χ4v) is 6.45. The van der Waals surface area contributed by atoms with Gasteiger partial charge in [0.15, 0.2) is 0 Å². The number of ether oxygens (including phenoxy) is 2. The molecule has 0 aromatic heterocycles. The summed E-state index contributed by atoms with van der Waals surface area (Å²) in [6, 6.07) is 17.8. The first-order chi connectivity index (χ1) is 21.9. The van der Waals surface area contributed by atoms with Crippen molar-refractivity contribution >= 4 is 24.3 Å². The van der Waals surface area contributed by atoms with Gasteiger partial charge in [0, 0.05) is 19.1 Å². The lowest BCUT2D eigenvalue weighted by Crippen LogP contribution is -2.52. The highest BCUT2D eigenvalue weighted by Gasteiger charge is 2.49. The second-order valence-corrected chi connectivity index (χ2v) is 11.9. The number of carbonyl (C=O) groups is 4. The molecular formula is C35H47N3O7. The minimum atomic E-state index is -0.685. The molecule has 2 fully saturated rings. The van der Waals surface area contributed by atoms with E-state index < -0.39 is 18.1 Å². The van der Waals surface area contributed by atoms with E-state index in [-0.39, 0.29) is 49.6 Å². The van der Waals surface area contributed by atoms with Gasteiger partial charge < -0.3 is 14.4 Å². The molecule has 0 bridgehead atoms. The van der Waals surface area contributed by atoms with Gasteiger partial charge in [-0.15, -0.1) is 0 Å². The summed E-state index contributed by atoms with van der Waals surface area (Å²) in [4.78, 5) is 58.8. The van der Waals surface area contributed by atoms with Crippen molar-refractivity contribution in [2.45, 2.75) is 90.1 Å². The third-order valence-corrected chi connectivity index (χ3v) is 8.77. The van der Waals surface area contributed by atoms with E-state index in [2.05, 4.69) is 5.32 Å². The number of benzene rings is 2. The number of hydrogen-bond donors (Lipinski definition) is 1. The topological polar surface area (TPSA) is 114 Å². The van der Waals surface area contributed by atoms with Crippen LogP contribution in [0.25, 0.3) is 0 Å². The summed E-state index contributed by atoms with van der Waals surface area (Å²) in [7, 11) is 0. The van der Waals surface area contributed by atoms with E-state index >= 15 is 0 Å². The Morgan fingerprint density at radius 2 is 1.62 bits per heavy atom. The van der Waals surface area contributed by atoms with Crippen LogP contribution < -0.4 is 5.32 Å². The highest BCUT2D eigenvalue weighted by molar-refractivity contribution is 5.85. The van der Waals surface area contributed by atoms with Crippen molar-refractivity contribution in [1.82, 2.24) is 15.3 Å². The predicted octanol–water partition coefficient (Wildman–Crippen LogP) is 4.42. The number of nitrogens with one attached hydrogen (secondary N) is 1. The molecule has 2 amide bonds. The van der Waals surface area contributed by atoms with Crippen molar-refractivity contribution in [3.05, 3.63) is 71.8 Å². The normalized spacial score (nSPS) is 20.5. The first-order valence-corrected chi connectivity index (χ1v) is 16.2. The summed E-state index contributed by atoms with van der Waals surface area (Å²) in [6.45, 7) is 4.94. The lowest BCUT2D eigenvalue weighted by Gasteiger charge is -2.34. The molecule has 2 aromatic rings. The number of carbonyl (C=O) groups excluding carboxylic acids is 4. The molecule has 10 heteroatoms. The molecule has 0 spiro atoms. The van der Waals surface area contributed by atoms with Crippen LogP contribution in [0.1, 0.15) is 69.9 Å². The molecule has 1 saturated heterocycles. The van der Waals surface area contributed by atoms with Gasteiger partial charge in [0.2, 0.25) is 12.3 Å². The van der Waals surface area contributed by atoms with Crippen molar-refractivity contribution in [2.24, 2.45) is 11.8 Å². The van der Waals surface area contributed by atoms with Gasteiger partial charge in [-0.25, -0.2) is 5.06 Å². The molecule has 2 aromatic carbocycles. The molecule has 244 valence electrons. The Hall–Kier alpha value is -3.76. The average molecular weight is 622 g/mol. The van der Waals surface area contributed by atoms with Crippen molar-refractivity contribution in [1.29, 1.82) is 0 Å². The molecule has 5 atom stereocenters. The number of esters is 2. The molecule has 1 N–H and O–H groups in total. The zero-order chi connectivity index (χ0) is 32.0. The monoisotopic (exact) mass is 621 g/mol. The fourth-order valence-electron chi connectivity index (χ4n) is 6.45. The summed E-state index contributed by atoms with van der Waals surface area (Å²) in [5.41, 5.74) is 1.89. The van der Waals surface area contributed by atoms with E-state index in [1.54, 1.807) is 13.8 Å². The third-order valence-electron chi connectivity index (χ3n) is 8.77. The van der Waals surface area contributed by atoms with Crippen LogP contribution in [0.3, 0.4) is 0 Å². The molecule has 45 heavy (non-hydrogen) atoms. The van der Waals surface area contributed by atoms with Crippen LogP contribution in [-0.2, 0) is 46.7 Å². The molecule has 1 aliphatic heterocycles. The predicted molar refractivity (Wildman–Crippen MR) is 168 cm³/mol. The molecule has 10 nitrogen and oxygen atoms in total. The number of rotatable bonds is 17. The molecular weight excluding hydrogens is 574 g/mol. The number of fused-ring (bicyclic) bond motifs is 1. The Morgan fingerprint density at radius 1 is 0.956 bits per heavy atom. The van der Waals surface area contributed by atoms with E-state index in [9.17, 15) is 19.2 Å². The van der Waals surface area contributed by atoms with Crippen LogP contribution in [0.5, 0.6) is 0 Å². The maximum atomic E-state index is 13.8. The minimum absolute atomic E-state index is 0.0176. The number of hydroxylamine groups is 2. The van der Waals surface area contributed by atoms with Crippen molar-refractivity contribution in [2.75, 3.05) is 19.7 Å². The second kappa shape index (κ2) is 17.7. The van der Waals surface area contributed by atoms with Gasteiger partial charge in [-0.2, -0.15) is 0 Å². The maximum absolute atomic E-state index is 13.8. The van der Waals surface area contributed by atoms with Gasteiger partial charge in [0.25, 0.3) is 0 Å². The third kappa shape index (κ3) is 9.86. The fraction of sp³-hybridized carbons (Fsp3) is 0.543. The van der Waals surface area contributed by atoms with Crippen LogP contribution in [0.15, 0.2) is 60.7 Å². The Balaban J connectivity index is 1.30. The minimum Gasteiger partial charge on any atom is -0.465 e. The molecule has 1 aliphatic carbocycles. The van der Waals surface area contributed by atoms with Crippen LogP contribution in [0, 0.1) is 11.8 Å². The average Bonchev–Trinajstić information content (AvgIpc) is 3.46. The summed E-state index contributed by atoms with van der Waals surface area (Å²) < 4.78 is 11.0. The zero-order valence-electron chi connectivity index (χ0n) is 26.5. The zero-order valence-corrected chi connectivity index (χ0v) is 26.5. The van der Waals surface area contributed by atoms with Crippen LogP contribution >= 0.6 is 0 Å². The quantitative estimate of drug-likeness (QED) is 0.120. The number of nitrogens with zero attached hydrogens (tertiary/aromatic N) is 2. The summed E-state index contributed by atoms with van der Waals surface area (Å²) in [6.07, 6.45) is 6.09. The number of unbranched alkanes of at least 4 members (excludes halogenated alkanes) is 1. The Kier molecular flexibility index (Phi) is 13.4. The summed E-state index contributed by atoms with van der Waals surface area (Å²) >= 11 is 0. The largest absolute Gasteiger partial charge is 0.465 e. The number of hydrogen-bond acceptors (Lipinski definition) is 8. The van der Waals surface area contributed by atoms with E-state index in [1.807, 2.05) is 65.6 Å². The van der Waals surface area contributed by atoms with Gasteiger partial charge in [-0.05, 0) is 63.0 Å². The Bertz CT molecular complexity index is 1230. The van der Waals surface area contributed by atoms with Gasteiger partial charge in [-0.3, -0.25) is 29.3 Å². The van der Waals surface area contributed by atoms with E-state index in [1.165, 1.54) is 5.06 Å². The second-order valence-electron chi connectivity index (χ2n) is 11.9. The Labute approximate surface area is 266 Å². The SMILES string of the molecule is CCOC(=O)[C@H](CCCCN(C=O)OCc1ccccc1)N[C@@H](C)C(=O)N1CC(C(=O)OCc2ccccc2)C2CCCCC21. The van der Waals surface area contributed by atoms with E-state index in [4.69, 9.17) is 14.3 Å². The first kappa shape index (κ1) is 34.1. The summed E-state index contributed by atoms with van der Waals surface area (Å²) in [5, 5.41) is 4.48. The van der Waals surface area contributed by atoms with Crippen LogP contribution in [-0.4, -0.2) is 72.0 Å². The van der Waals surface area contributed by atoms with Crippen LogP contribution in [0.4, 0.5) is 0 Å². The van der Waals surface area contributed by atoms with Gasteiger partial charge in [0.1, 0.15) is 19.3 Å². The van der Waals surface area contributed by atoms with E-state index in [0.717, 1.165) is 36.8 Å². The molecule has 1 saturated carbocycles. The highest BCUT2D eigenvalue weighted by Crippen LogP contribution is 2.41. The lowest BCUT2D eigenvalue weighted by molar-refractivity contribution is -0.177. The summed E-state index contributed by atoms with van der Waals surface area (Å²) in [5.74, 6) is -1.08. The van der Waals surface area contributed by atoms with Crippen molar-refractivity contribution in [3.63, 3.8) is 0 Å². The highest BCUT2D eigenvalue weighted by atomic mass is 16.7. The lowest BCUT2D eigenvalue weighted by atomic mass is 9.80. The molecule has 0 radical (unpaired) electrons. The molecule has 1 heterocycles. The first-order valence-electron chi connectivity index (χ1n) is 16.2. The smallest absolute Gasteiger partial charge is 0.323 e. The van der Waals surface area contributed by atoms with Crippen LogP contribution in [0.2, 0.25) is 0 Å². The maximum Gasteiger partial charge on any atom is 0.323 e. The van der Waals surface area contributed by atoms with Gasteiger partial charge >= 0.3 is 11.9 Å². The van der Waals surface area contributed by atoms with Gasteiger partial charge in [-0.1, -0.05) is 73.5 Å². The van der Waals surface area contributed by atoms with Gasteiger partial charge in [0.05, 0.1) is 18.6 Å². The molecule has 3 unspecified atom stereocenters. The Morgan fingerprint density at radius 3 is 2.29 bits per heavy atom. The molecule has 4 rings (SSSR count). The van der Waals surface area contributed by atoms with E-state index in [0.29, 0.717) is 38.8 Å². The number of amides is 2. The van der Waals surface area contributed by atoms with Crippen molar-refractivity contribution < 1.29 is 33.5 Å². The standard InChI is InChI=1S/C35H47N3O7/c1-3-43-35(42)31(19-12-13-21-37(25-39)45-24-28-16-8-5-9-17-28)36-26(2)33(40)38-22-30(29-18-10-11-20-32(29)38)34(41)44-23-27-14-6-4-7-15-27/h4-9,14-17,25-26,29-32,36H,3,10-13,18-24H2,1-2H3/t26-,29?,30?,31-,32?/m0/s1. The number of likely N-dealkylation sites (tertiary alicyclic amines) is 1. The van der Waals surface area contributed by atoms with Crippen molar-refractivity contribution in [3.8, 4) is 0 Å². The molecule has 2 aliphatic rings.